The molecule has 0 saturated heterocycles. The number of hydrogen-bond donors (Lipinski definition) is 1. The van der Waals surface area contributed by atoms with E-state index in [0.29, 0.717) is 0 Å². The maximum atomic E-state index is 11.9. The minimum atomic E-state index is -0.462. The van der Waals surface area contributed by atoms with Crippen molar-refractivity contribution in [3.05, 3.63) is 72.3 Å². The van der Waals surface area contributed by atoms with Gasteiger partial charge in [-0.3, -0.25) is 14.4 Å². The Bertz CT molecular complexity index is 657. The number of urea groups is 1. The number of nitrogens with zero attached hydrogens (tertiary/aromatic N) is 1. The first-order chi connectivity index (χ1) is 10.6. The van der Waals surface area contributed by atoms with E-state index in [0.717, 1.165) is 10.5 Å². The average Bonchev–Trinajstić information content (AvgIpc) is 2.55. The van der Waals surface area contributed by atoms with Crippen molar-refractivity contribution in [3.63, 3.8) is 0 Å². The van der Waals surface area contributed by atoms with Crippen LogP contribution in [-0.2, 0) is 4.79 Å². The van der Waals surface area contributed by atoms with Gasteiger partial charge >= 0.3 is 6.03 Å². The second-order valence-electron chi connectivity index (χ2n) is 4.44. The molecule has 112 valence electrons. The van der Waals surface area contributed by atoms with Crippen molar-refractivity contribution in [1.82, 2.24) is 9.62 Å². The number of nitrogens with one attached hydrogen (secondary N) is 1. The van der Waals surface area contributed by atoms with Gasteiger partial charge in [0.1, 0.15) is 0 Å². The van der Waals surface area contributed by atoms with Gasteiger partial charge in [0.2, 0.25) is 0 Å². The van der Waals surface area contributed by atoms with Crippen molar-refractivity contribution in [2.24, 2.45) is 0 Å². The van der Waals surface area contributed by atoms with E-state index in [4.69, 9.17) is 0 Å². The minimum Gasteiger partial charge on any atom is -0.274 e. The summed E-state index contributed by atoms with van der Waals surface area (Å²) in [4.78, 5) is 24.6. The molecular weight excluding hydrogens is 296 g/mol. The lowest BCUT2D eigenvalue weighted by atomic mass is 10.2. The van der Waals surface area contributed by atoms with Crippen molar-refractivity contribution in [3.8, 4) is 0 Å². The maximum Gasteiger partial charge on any atom is 0.334 e. The number of rotatable bonds is 4. The molecule has 0 radical (unpaired) electrons. The van der Waals surface area contributed by atoms with E-state index < -0.39 is 11.9 Å². The van der Waals surface area contributed by atoms with Crippen LogP contribution in [0.25, 0.3) is 6.08 Å². The molecule has 22 heavy (non-hydrogen) atoms. The molecule has 2 rings (SSSR count). The summed E-state index contributed by atoms with van der Waals surface area (Å²) in [6.07, 6.45) is 3.00. The van der Waals surface area contributed by atoms with Crippen molar-refractivity contribution < 1.29 is 9.59 Å². The molecule has 0 unspecified atom stereocenters. The summed E-state index contributed by atoms with van der Waals surface area (Å²) >= 11 is 1.25. The molecule has 5 heteroatoms. The molecule has 2 aromatic rings. The predicted molar refractivity (Wildman–Crippen MR) is 89.1 cm³/mol. The second-order valence-corrected chi connectivity index (χ2v) is 5.64. The Kier molecular flexibility index (Phi) is 5.80. The van der Waals surface area contributed by atoms with Crippen molar-refractivity contribution >= 4 is 30.0 Å². The van der Waals surface area contributed by atoms with Crippen LogP contribution in [0.5, 0.6) is 0 Å². The van der Waals surface area contributed by atoms with Crippen LogP contribution in [0.2, 0.25) is 0 Å². The highest BCUT2D eigenvalue weighted by atomic mass is 32.2. The Labute approximate surface area is 134 Å². The van der Waals surface area contributed by atoms with Crippen molar-refractivity contribution in [2.45, 2.75) is 4.90 Å². The topological polar surface area (TPSA) is 49.4 Å². The molecule has 0 bridgehead atoms. The minimum absolute atomic E-state index is 0.450. The first kappa shape index (κ1) is 15.9. The number of benzene rings is 2. The van der Waals surface area contributed by atoms with Crippen LogP contribution in [0.1, 0.15) is 5.56 Å². The van der Waals surface area contributed by atoms with E-state index in [1.54, 1.807) is 13.1 Å². The third-order valence-electron chi connectivity index (χ3n) is 2.73. The van der Waals surface area contributed by atoms with Crippen molar-refractivity contribution in [2.75, 3.05) is 7.05 Å². The molecule has 0 aliphatic rings. The molecule has 4 nitrogen and oxygen atoms in total. The summed E-state index contributed by atoms with van der Waals surface area (Å²) in [6.45, 7) is 0. The molecule has 1 N–H and O–H groups in total. The van der Waals surface area contributed by atoms with Gasteiger partial charge in [0.05, 0.1) is 0 Å². The fourth-order valence-corrected chi connectivity index (χ4v) is 2.37. The highest BCUT2D eigenvalue weighted by Gasteiger charge is 2.12. The molecule has 0 aliphatic heterocycles. The summed E-state index contributed by atoms with van der Waals surface area (Å²) in [5.41, 5.74) is 0.900. The van der Waals surface area contributed by atoms with Crippen molar-refractivity contribution in [1.29, 1.82) is 0 Å². The van der Waals surface area contributed by atoms with Gasteiger partial charge in [-0.15, -0.1) is 0 Å². The van der Waals surface area contributed by atoms with Crippen LogP contribution >= 0.6 is 11.9 Å². The number of amides is 3. The maximum absolute atomic E-state index is 11.9. The summed E-state index contributed by atoms with van der Waals surface area (Å²) in [6, 6.07) is 18.4. The summed E-state index contributed by atoms with van der Waals surface area (Å²) in [5, 5.41) is 2.31. The second kappa shape index (κ2) is 8.05. The zero-order valence-electron chi connectivity index (χ0n) is 12.1. The van der Waals surface area contributed by atoms with Gasteiger partial charge < -0.3 is 0 Å². The van der Waals surface area contributed by atoms with Gasteiger partial charge in [-0.1, -0.05) is 48.5 Å². The quantitative estimate of drug-likeness (QED) is 0.693. The van der Waals surface area contributed by atoms with Gasteiger partial charge in [0, 0.05) is 18.0 Å². The number of imide groups is 1. The molecule has 0 heterocycles. The van der Waals surface area contributed by atoms with Crippen LogP contribution in [-0.4, -0.2) is 23.3 Å². The van der Waals surface area contributed by atoms with Gasteiger partial charge in [0.25, 0.3) is 5.91 Å². The van der Waals surface area contributed by atoms with E-state index in [1.807, 2.05) is 60.7 Å². The van der Waals surface area contributed by atoms with E-state index >= 15 is 0 Å². The molecule has 0 spiro atoms. The standard InChI is InChI=1S/C17H16N2O2S/c1-19(22-15-10-6-3-7-11-15)17(21)18-16(20)13-12-14-8-4-2-5-9-14/h2-13H,1H3,(H,18,20,21)/b13-12+. The largest absolute Gasteiger partial charge is 0.334 e. The first-order valence-corrected chi connectivity index (χ1v) is 7.47. The first-order valence-electron chi connectivity index (χ1n) is 6.70. The monoisotopic (exact) mass is 312 g/mol. The third-order valence-corrected chi connectivity index (χ3v) is 3.65. The van der Waals surface area contributed by atoms with E-state index in [1.165, 1.54) is 22.3 Å². The smallest absolute Gasteiger partial charge is 0.274 e. The molecule has 0 fully saturated rings. The van der Waals surface area contributed by atoms with Crippen LogP contribution in [0.15, 0.2) is 71.6 Å². The van der Waals surface area contributed by atoms with E-state index in [-0.39, 0.29) is 0 Å². The van der Waals surface area contributed by atoms with E-state index in [2.05, 4.69) is 5.32 Å². The van der Waals surface area contributed by atoms with Crippen LogP contribution in [0.3, 0.4) is 0 Å². The summed E-state index contributed by atoms with van der Waals surface area (Å²) in [5.74, 6) is -0.450. The van der Waals surface area contributed by atoms with E-state index in [9.17, 15) is 9.59 Å². The molecular formula is C17H16N2O2S. The molecule has 0 saturated carbocycles. The zero-order valence-corrected chi connectivity index (χ0v) is 12.9. The predicted octanol–water partition coefficient (Wildman–Crippen LogP) is 3.58. The fraction of sp³-hybridized carbons (Fsp3) is 0.0588. The van der Waals surface area contributed by atoms with Gasteiger partial charge in [-0.2, -0.15) is 0 Å². The Morgan fingerprint density at radius 2 is 1.59 bits per heavy atom. The molecule has 3 amide bonds. The molecule has 0 aromatic heterocycles. The van der Waals surface area contributed by atoms with Crippen LogP contribution < -0.4 is 5.32 Å². The molecule has 0 atom stereocenters. The lowest BCUT2D eigenvalue weighted by Gasteiger charge is -2.15. The Balaban J connectivity index is 1.85. The van der Waals surface area contributed by atoms with Gasteiger partial charge in [0.15, 0.2) is 0 Å². The SMILES string of the molecule is CN(Sc1ccccc1)C(=O)NC(=O)/C=C/c1ccccc1. The summed E-state index contributed by atoms with van der Waals surface area (Å²) in [7, 11) is 1.61. The Hall–Kier alpha value is -2.53. The number of carbonyl (C=O) groups is 2. The van der Waals surface area contributed by atoms with Gasteiger partial charge in [-0.25, -0.2) is 4.79 Å². The van der Waals surface area contributed by atoms with Crippen LogP contribution in [0.4, 0.5) is 4.79 Å². The molecule has 2 aromatic carbocycles. The average molecular weight is 312 g/mol. The van der Waals surface area contributed by atoms with Crippen LogP contribution in [0, 0.1) is 0 Å². The summed E-state index contributed by atoms with van der Waals surface area (Å²) < 4.78 is 1.38. The zero-order chi connectivity index (χ0) is 15.8. The molecule has 0 aliphatic carbocycles. The number of carbonyl (C=O) groups excluding carboxylic acids is 2. The highest BCUT2D eigenvalue weighted by Crippen LogP contribution is 2.20. The fourth-order valence-electron chi connectivity index (χ4n) is 1.64. The third kappa shape index (κ3) is 5.10. The lowest BCUT2D eigenvalue weighted by Crippen LogP contribution is -2.36. The normalized spacial score (nSPS) is 10.4. The highest BCUT2D eigenvalue weighted by molar-refractivity contribution is 7.97. The number of hydrogen-bond acceptors (Lipinski definition) is 3. The van der Waals surface area contributed by atoms with Gasteiger partial charge in [-0.05, 0) is 35.7 Å². The Morgan fingerprint density at radius 1 is 1.00 bits per heavy atom. The lowest BCUT2D eigenvalue weighted by molar-refractivity contribution is -0.115. The Morgan fingerprint density at radius 3 is 2.23 bits per heavy atom.